The third kappa shape index (κ3) is 2.22. The first kappa shape index (κ1) is 11.4. The summed E-state index contributed by atoms with van der Waals surface area (Å²) in [5, 5.41) is 0. The third-order valence-electron chi connectivity index (χ3n) is 4.73. The minimum atomic E-state index is 0.461. The lowest BCUT2D eigenvalue weighted by atomic mass is 9.75. The van der Waals surface area contributed by atoms with Crippen molar-refractivity contribution in [3.63, 3.8) is 0 Å². The molecular formula is C14H27N. The Kier molecular flexibility index (Phi) is 2.65. The zero-order valence-electron chi connectivity index (χ0n) is 11.1. The molecule has 3 saturated heterocycles. The molecule has 0 aromatic carbocycles. The minimum Gasteiger partial charge on any atom is -0.298 e. The van der Waals surface area contributed by atoms with Gasteiger partial charge in [-0.25, -0.2) is 0 Å². The molecule has 0 saturated carbocycles. The molecule has 0 aromatic heterocycles. The normalized spacial score (nSPS) is 40.2. The van der Waals surface area contributed by atoms with Crippen LogP contribution in [0.15, 0.2) is 0 Å². The number of nitrogens with zero attached hydrogens (tertiary/aromatic N) is 1. The molecule has 0 radical (unpaired) electrons. The summed E-state index contributed by atoms with van der Waals surface area (Å²) in [6.45, 7) is 14.8. The van der Waals surface area contributed by atoms with Crippen molar-refractivity contribution in [3.05, 3.63) is 0 Å². The van der Waals surface area contributed by atoms with Crippen molar-refractivity contribution in [1.82, 2.24) is 4.90 Å². The van der Waals surface area contributed by atoms with Crippen molar-refractivity contribution in [3.8, 4) is 0 Å². The van der Waals surface area contributed by atoms with Crippen LogP contribution in [0.4, 0.5) is 0 Å². The Bertz CT molecular complexity index is 236. The maximum Gasteiger partial charge on any atom is 0.0156 e. The maximum absolute atomic E-state index is 2.74. The molecule has 0 N–H and O–H groups in total. The van der Waals surface area contributed by atoms with Crippen LogP contribution in [0.2, 0.25) is 0 Å². The van der Waals surface area contributed by atoms with Crippen molar-refractivity contribution in [2.45, 2.75) is 59.4 Å². The van der Waals surface area contributed by atoms with Gasteiger partial charge in [-0.2, -0.15) is 0 Å². The third-order valence-corrected chi connectivity index (χ3v) is 4.73. The number of hydrogen-bond donors (Lipinski definition) is 0. The molecule has 15 heavy (non-hydrogen) atoms. The van der Waals surface area contributed by atoms with Crippen molar-refractivity contribution < 1.29 is 0 Å². The second-order valence-electron chi connectivity index (χ2n) is 7.42. The second-order valence-corrected chi connectivity index (χ2v) is 7.42. The predicted octanol–water partition coefficient (Wildman–Crippen LogP) is 3.54. The highest BCUT2D eigenvalue weighted by molar-refractivity contribution is 4.96. The van der Waals surface area contributed by atoms with Gasteiger partial charge in [0.25, 0.3) is 0 Å². The van der Waals surface area contributed by atoms with E-state index in [4.69, 9.17) is 0 Å². The van der Waals surface area contributed by atoms with Gasteiger partial charge in [0.05, 0.1) is 0 Å². The van der Waals surface area contributed by atoms with Crippen molar-refractivity contribution in [2.75, 3.05) is 13.1 Å². The first-order valence-corrected chi connectivity index (χ1v) is 6.54. The summed E-state index contributed by atoms with van der Waals surface area (Å²) in [7, 11) is 0. The van der Waals surface area contributed by atoms with Gasteiger partial charge >= 0.3 is 0 Å². The zero-order chi connectivity index (χ0) is 11.3. The van der Waals surface area contributed by atoms with E-state index < -0.39 is 0 Å². The molecule has 3 heterocycles. The molecule has 1 heteroatoms. The fourth-order valence-electron chi connectivity index (χ4n) is 3.49. The highest BCUT2D eigenvalue weighted by atomic mass is 15.2. The van der Waals surface area contributed by atoms with Gasteiger partial charge in [-0.05, 0) is 56.9 Å². The van der Waals surface area contributed by atoms with Gasteiger partial charge in [0, 0.05) is 12.1 Å². The molecule has 0 aliphatic carbocycles. The van der Waals surface area contributed by atoms with E-state index in [1.807, 2.05) is 0 Å². The fourth-order valence-corrected chi connectivity index (χ4v) is 3.49. The van der Waals surface area contributed by atoms with Crippen LogP contribution in [0, 0.1) is 17.3 Å². The Labute approximate surface area is 95.2 Å². The van der Waals surface area contributed by atoms with Crippen LogP contribution >= 0.6 is 0 Å². The van der Waals surface area contributed by atoms with Crippen molar-refractivity contribution in [2.24, 2.45) is 17.3 Å². The van der Waals surface area contributed by atoms with Crippen LogP contribution in [0.1, 0.15) is 53.9 Å². The Morgan fingerprint density at radius 2 is 1.87 bits per heavy atom. The van der Waals surface area contributed by atoms with Gasteiger partial charge in [-0.15, -0.1) is 0 Å². The average Bonchev–Trinajstić information content (AvgIpc) is 2.30. The highest BCUT2D eigenvalue weighted by Crippen LogP contribution is 2.44. The Morgan fingerprint density at radius 1 is 1.20 bits per heavy atom. The quantitative estimate of drug-likeness (QED) is 0.590. The van der Waals surface area contributed by atoms with Gasteiger partial charge in [-0.1, -0.05) is 20.8 Å². The van der Waals surface area contributed by atoms with Crippen LogP contribution in [-0.4, -0.2) is 23.5 Å². The molecule has 3 aliphatic heterocycles. The van der Waals surface area contributed by atoms with E-state index in [1.165, 1.54) is 32.4 Å². The van der Waals surface area contributed by atoms with E-state index in [0.717, 1.165) is 11.8 Å². The lowest BCUT2D eigenvalue weighted by Crippen LogP contribution is -2.49. The highest BCUT2D eigenvalue weighted by Gasteiger charge is 2.42. The van der Waals surface area contributed by atoms with Crippen molar-refractivity contribution in [1.29, 1.82) is 0 Å². The monoisotopic (exact) mass is 209 g/mol. The van der Waals surface area contributed by atoms with Crippen LogP contribution in [0.3, 0.4) is 0 Å². The molecule has 0 amide bonds. The van der Waals surface area contributed by atoms with Crippen LogP contribution < -0.4 is 0 Å². The van der Waals surface area contributed by atoms with E-state index in [-0.39, 0.29) is 0 Å². The fraction of sp³-hybridized carbons (Fsp3) is 1.00. The lowest BCUT2D eigenvalue weighted by Gasteiger charge is -2.43. The molecule has 3 rings (SSSR count). The Hall–Kier alpha value is -0.0400. The summed E-state index contributed by atoms with van der Waals surface area (Å²) in [6, 6.07) is 0. The van der Waals surface area contributed by atoms with E-state index in [9.17, 15) is 0 Å². The summed E-state index contributed by atoms with van der Waals surface area (Å²) in [5.41, 5.74) is 0.949. The Balaban J connectivity index is 2.18. The molecule has 2 bridgehead atoms. The summed E-state index contributed by atoms with van der Waals surface area (Å²) in [6.07, 6.45) is 4.32. The standard InChI is InChI=1S/C14H27N/c1-13(2,3)12-8-11-6-7-15(10-12)14(4,5)9-11/h11-12H,6-10H2,1-5H3. The van der Waals surface area contributed by atoms with Gasteiger partial charge in [0.1, 0.15) is 0 Å². The SMILES string of the molecule is CC(C)(C)C1CC2CCN(C1)C(C)(C)C2. The summed E-state index contributed by atoms with van der Waals surface area (Å²) in [4.78, 5) is 2.74. The lowest BCUT2D eigenvalue weighted by molar-refractivity contribution is 0.0606. The van der Waals surface area contributed by atoms with Crippen LogP contribution in [0.25, 0.3) is 0 Å². The number of rotatable bonds is 0. The second kappa shape index (κ2) is 3.48. The minimum absolute atomic E-state index is 0.461. The molecular weight excluding hydrogens is 182 g/mol. The number of piperidine rings is 1. The van der Waals surface area contributed by atoms with Gasteiger partial charge in [-0.3, -0.25) is 4.90 Å². The summed E-state index contributed by atoms with van der Waals surface area (Å²) >= 11 is 0. The molecule has 1 nitrogen and oxygen atoms in total. The van der Waals surface area contributed by atoms with E-state index >= 15 is 0 Å². The maximum atomic E-state index is 2.74. The first-order valence-electron chi connectivity index (χ1n) is 6.54. The van der Waals surface area contributed by atoms with Crippen LogP contribution in [-0.2, 0) is 0 Å². The van der Waals surface area contributed by atoms with E-state index in [1.54, 1.807) is 0 Å². The van der Waals surface area contributed by atoms with Crippen molar-refractivity contribution >= 4 is 0 Å². The average molecular weight is 209 g/mol. The Morgan fingerprint density at radius 3 is 2.40 bits per heavy atom. The molecule has 0 aromatic rings. The topological polar surface area (TPSA) is 3.24 Å². The van der Waals surface area contributed by atoms with E-state index in [0.29, 0.717) is 11.0 Å². The molecule has 3 atom stereocenters. The largest absolute Gasteiger partial charge is 0.298 e. The molecule has 3 unspecified atom stereocenters. The summed E-state index contributed by atoms with van der Waals surface area (Å²) < 4.78 is 0. The summed E-state index contributed by atoms with van der Waals surface area (Å²) in [5.74, 6) is 1.88. The van der Waals surface area contributed by atoms with Gasteiger partial charge < -0.3 is 0 Å². The molecule has 3 fully saturated rings. The zero-order valence-corrected chi connectivity index (χ0v) is 11.1. The van der Waals surface area contributed by atoms with E-state index in [2.05, 4.69) is 39.5 Å². The van der Waals surface area contributed by atoms with Gasteiger partial charge in [0.15, 0.2) is 0 Å². The van der Waals surface area contributed by atoms with Gasteiger partial charge in [0.2, 0.25) is 0 Å². The predicted molar refractivity (Wildman–Crippen MR) is 65.9 cm³/mol. The number of fused-ring (bicyclic) bond motifs is 4. The smallest absolute Gasteiger partial charge is 0.0156 e. The molecule has 88 valence electrons. The van der Waals surface area contributed by atoms with Crippen LogP contribution in [0.5, 0.6) is 0 Å². The number of hydrogen-bond acceptors (Lipinski definition) is 1. The first-order chi connectivity index (χ1) is 6.79. The molecule has 0 spiro atoms. The molecule has 3 aliphatic rings.